The first-order valence-electron chi connectivity index (χ1n) is 6.30. The highest BCUT2D eigenvalue weighted by Gasteiger charge is 2.14. The minimum Gasteiger partial charge on any atom is -0.264 e. The summed E-state index contributed by atoms with van der Waals surface area (Å²) in [7, 11) is 0. The van der Waals surface area contributed by atoms with Crippen LogP contribution in [0.3, 0.4) is 0 Å². The van der Waals surface area contributed by atoms with E-state index in [2.05, 4.69) is 36.4 Å². The molecule has 18 heavy (non-hydrogen) atoms. The van der Waals surface area contributed by atoms with Crippen LogP contribution in [0.15, 0.2) is 24.5 Å². The molecule has 0 saturated carbocycles. The number of thiazole rings is 1. The molecule has 1 unspecified atom stereocenters. The third-order valence-electron chi connectivity index (χ3n) is 2.35. The fourth-order valence-corrected chi connectivity index (χ4v) is 2.94. The summed E-state index contributed by atoms with van der Waals surface area (Å²) < 4.78 is 0. The highest BCUT2D eigenvalue weighted by atomic mass is 32.1. The SMILES string of the molecule is CC.CCc1nc(-c2cccnc2)sc1C(C)S. The van der Waals surface area contributed by atoms with Gasteiger partial charge in [-0.05, 0) is 25.5 Å². The average molecular weight is 280 g/mol. The van der Waals surface area contributed by atoms with Crippen molar-refractivity contribution in [2.24, 2.45) is 0 Å². The Balaban J connectivity index is 0.000000771. The zero-order valence-electron chi connectivity index (χ0n) is 11.3. The fourth-order valence-electron chi connectivity index (χ4n) is 1.56. The highest BCUT2D eigenvalue weighted by molar-refractivity contribution is 7.80. The molecule has 2 nitrogen and oxygen atoms in total. The van der Waals surface area contributed by atoms with Crippen molar-refractivity contribution in [3.8, 4) is 10.6 Å². The predicted molar refractivity (Wildman–Crippen MR) is 83.5 cm³/mol. The van der Waals surface area contributed by atoms with Gasteiger partial charge in [0, 0.05) is 28.1 Å². The maximum absolute atomic E-state index is 4.65. The van der Waals surface area contributed by atoms with E-state index in [1.807, 2.05) is 32.2 Å². The summed E-state index contributed by atoms with van der Waals surface area (Å²) in [5.74, 6) is 0. The van der Waals surface area contributed by atoms with Crippen LogP contribution in [-0.2, 0) is 6.42 Å². The summed E-state index contributed by atoms with van der Waals surface area (Å²) in [4.78, 5) is 10.0. The zero-order valence-corrected chi connectivity index (χ0v) is 13.1. The topological polar surface area (TPSA) is 25.8 Å². The van der Waals surface area contributed by atoms with Crippen LogP contribution < -0.4 is 0 Å². The Morgan fingerprint density at radius 1 is 1.39 bits per heavy atom. The molecule has 2 heterocycles. The van der Waals surface area contributed by atoms with Crippen molar-refractivity contribution in [1.82, 2.24) is 9.97 Å². The van der Waals surface area contributed by atoms with Gasteiger partial charge in [-0.15, -0.1) is 11.3 Å². The predicted octanol–water partition coefficient (Wildman–Crippen LogP) is 4.78. The Labute approximate surface area is 119 Å². The van der Waals surface area contributed by atoms with Crippen molar-refractivity contribution >= 4 is 24.0 Å². The molecule has 2 aromatic heterocycles. The molecule has 0 N–H and O–H groups in total. The molecule has 2 aromatic rings. The molecule has 0 radical (unpaired) electrons. The van der Waals surface area contributed by atoms with Gasteiger partial charge in [0.1, 0.15) is 5.01 Å². The average Bonchev–Trinajstić information content (AvgIpc) is 2.86. The van der Waals surface area contributed by atoms with E-state index in [9.17, 15) is 0 Å². The van der Waals surface area contributed by atoms with Crippen LogP contribution in [0.5, 0.6) is 0 Å². The summed E-state index contributed by atoms with van der Waals surface area (Å²) in [6.07, 6.45) is 4.59. The van der Waals surface area contributed by atoms with E-state index in [-0.39, 0.29) is 5.25 Å². The largest absolute Gasteiger partial charge is 0.264 e. The van der Waals surface area contributed by atoms with Gasteiger partial charge in [0.05, 0.1) is 5.69 Å². The summed E-state index contributed by atoms with van der Waals surface area (Å²) in [6, 6.07) is 3.98. The lowest BCUT2D eigenvalue weighted by Gasteiger charge is -2.00. The lowest BCUT2D eigenvalue weighted by atomic mass is 10.2. The number of thiol groups is 1. The van der Waals surface area contributed by atoms with Gasteiger partial charge in [0.15, 0.2) is 0 Å². The van der Waals surface area contributed by atoms with Crippen molar-refractivity contribution in [3.05, 3.63) is 35.1 Å². The van der Waals surface area contributed by atoms with Crippen LogP contribution in [0.25, 0.3) is 10.6 Å². The van der Waals surface area contributed by atoms with Crippen molar-refractivity contribution in [1.29, 1.82) is 0 Å². The molecule has 0 aromatic carbocycles. The monoisotopic (exact) mass is 280 g/mol. The van der Waals surface area contributed by atoms with Crippen LogP contribution in [0.1, 0.15) is 43.5 Å². The fraction of sp³-hybridized carbons (Fsp3) is 0.429. The molecule has 1 atom stereocenters. The lowest BCUT2D eigenvalue weighted by molar-refractivity contribution is 1.00. The van der Waals surface area contributed by atoms with Gasteiger partial charge in [-0.1, -0.05) is 20.8 Å². The van der Waals surface area contributed by atoms with Gasteiger partial charge in [-0.3, -0.25) is 4.98 Å². The number of aryl methyl sites for hydroxylation is 1. The molecule has 0 saturated heterocycles. The second kappa shape index (κ2) is 7.54. The van der Waals surface area contributed by atoms with Crippen LogP contribution in [0.4, 0.5) is 0 Å². The quantitative estimate of drug-likeness (QED) is 0.818. The molecule has 0 spiro atoms. The molecule has 0 aliphatic rings. The van der Waals surface area contributed by atoms with Crippen LogP contribution in [0, 0.1) is 0 Å². The number of hydrogen-bond acceptors (Lipinski definition) is 4. The molecule has 98 valence electrons. The molecular weight excluding hydrogens is 260 g/mol. The van der Waals surface area contributed by atoms with E-state index in [1.54, 1.807) is 17.5 Å². The first-order valence-corrected chi connectivity index (χ1v) is 7.63. The summed E-state index contributed by atoms with van der Waals surface area (Å²) >= 11 is 6.21. The summed E-state index contributed by atoms with van der Waals surface area (Å²) in [5, 5.41) is 1.29. The zero-order chi connectivity index (χ0) is 13.5. The van der Waals surface area contributed by atoms with E-state index in [0.717, 1.165) is 22.7 Å². The van der Waals surface area contributed by atoms with Crippen molar-refractivity contribution in [2.45, 2.75) is 39.4 Å². The third-order valence-corrected chi connectivity index (χ3v) is 4.11. The maximum Gasteiger partial charge on any atom is 0.125 e. The van der Waals surface area contributed by atoms with Crippen LogP contribution in [0.2, 0.25) is 0 Å². The number of rotatable bonds is 3. The third kappa shape index (κ3) is 3.56. The van der Waals surface area contributed by atoms with E-state index in [1.165, 1.54) is 4.88 Å². The van der Waals surface area contributed by atoms with Crippen molar-refractivity contribution in [2.75, 3.05) is 0 Å². The first-order chi connectivity index (χ1) is 8.72. The molecule has 0 bridgehead atoms. The molecule has 4 heteroatoms. The van der Waals surface area contributed by atoms with Crippen molar-refractivity contribution < 1.29 is 0 Å². The number of aromatic nitrogens is 2. The van der Waals surface area contributed by atoms with Gasteiger partial charge < -0.3 is 0 Å². The van der Waals surface area contributed by atoms with Crippen LogP contribution >= 0.6 is 24.0 Å². The van der Waals surface area contributed by atoms with E-state index in [0.29, 0.717) is 0 Å². The number of pyridine rings is 1. The second-order valence-corrected chi connectivity index (χ2v) is 5.41. The van der Waals surface area contributed by atoms with Gasteiger partial charge in [0.2, 0.25) is 0 Å². The molecule has 0 aliphatic carbocycles. The van der Waals surface area contributed by atoms with Gasteiger partial charge in [-0.2, -0.15) is 12.6 Å². The van der Waals surface area contributed by atoms with E-state index >= 15 is 0 Å². The molecule has 0 amide bonds. The minimum absolute atomic E-state index is 0.248. The number of hydrogen-bond donors (Lipinski definition) is 1. The molecule has 0 fully saturated rings. The normalized spacial score (nSPS) is 11.6. The van der Waals surface area contributed by atoms with Crippen LogP contribution in [-0.4, -0.2) is 9.97 Å². The molecule has 0 aliphatic heterocycles. The molecule has 2 rings (SSSR count). The molecular formula is C14H20N2S2. The maximum atomic E-state index is 4.65. The van der Waals surface area contributed by atoms with E-state index < -0.39 is 0 Å². The second-order valence-electron chi connectivity index (χ2n) is 3.60. The Bertz CT molecular complexity index is 464. The Kier molecular flexibility index (Phi) is 6.36. The Morgan fingerprint density at radius 2 is 2.11 bits per heavy atom. The minimum atomic E-state index is 0.248. The Hall–Kier alpha value is -0.870. The standard InChI is InChI=1S/C12H14N2S2.C2H6/c1-3-10-11(8(2)15)16-12(14-10)9-5-4-6-13-7-9;1-2/h4-8,15H,3H2,1-2H3;1-2H3. The number of nitrogens with zero attached hydrogens (tertiary/aromatic N) is 2. The summed E-state index contributed by atoms with van der Waals surface area (Å²) in [6.45, 7) is 8.21. The van der Waals surface area contributed by atoms with Gasteiger partial charge >= 0.3 is 0 Å². The Morgan fingerprint density at radius 3 is 2.56 bits per heavy atom. The lowest BCUT2D eigenvalue weighted by Crippen LogP contribution is -1.88. The first kappa shape index (κ1) is 15.2. The summed E-state index contributed by atoms with van der Waals surface area (Å²) in [5.41, 5.74) is 2.24. The highest BCUT2D eigenvalue weighted by Crippen LogP contribution is 2.34. The smallest absolute Gasteiger partial charge is 0.125 e. The van der Waals surface area contributed by atoms with E-state index in [4.69, 9.17) is 0 Å². The van der Waals surface area contributed by atoms with Gasteiger partial charge in [-0.25, -0.2) is 4.98 Å². The van der Waals surface area contributed by atoms with Gasteiger partial charge in [0.25, 0.3) is 0 Å². The van der Waals surface area contributed by atoms with Crippen molar-refractivity contribution in [3.63, 3.8) is 0 Å².